The highest BCUT2D eigenvalue weighted by atomic mass is 16.5. The molecule has 0 aliphatic carbocycles. The van der Waals surface area contributed by atoms with Gasteiger partial charge in [0.25, 0.3) is 5.91 Å². The third-order valence-electron chi connectivity index (χ3n) is 4.95. The van der Waals surface area contributed by atoms with Crippen LogP contribution in [0.15, 0.2) is 42.7 Å². The maximum atomic E-state index is 13.0. The van der Waals surface area contributed by atoms with Crippen LogP contribution in [-0.2, 0) is 11.3 Å². The summed E-state index contributed by atoms with van der Waals surface area (Å²) in [6.07, 6.45) is 4.87. The Morgan fingerprint density at radius 3 is 2.84 bits per heavy atom. The monoisotopic (exact) mass is 342 g/mol. The number of amides is 1. The van der Waals surface area contributed by atoms with Crippen molar-refractivity contribution in [1.29, 1.82) is 0 Å². The first kappa shape index (κ1) is 17.6. The number of hydrogen-bond acceptors (Lipinski definition) is 4. The molecule has 1 fully saturated rings. The van der Waals surface area contributed by atoms with Crippen LogP contribution in [0.1, 0.15) is 22.3 Å². The van der Waals surface area contributed by atoms with Crippen LogP contribution < -0.4 is 0 Å². The summed E-state index contributed by atoms with van der Waals surface area (Å²) in [7, 11) is 5.72. The van der Waals surface area contributed by atoms with Crippen LogP contribution in [0.4, 0.5) is 0 Å². The summed E-state index contributed by atoms with van der Waals surface area (Å²) in [5, 5.41) is 4.24. The number of methoxy groups -OCH3 is 1. The molecule has 0 spiro atoms. The predicted molar refractivity (Wildman–Crippen MR) is 96.6 cm³/mol. The molecule has 1 aliphatic heterocycles. The number of carbonyl (C=O) groups is 1. The molecule has 1 aromatic carbocycles. The van der Waals surface area contributed by atoms with Crippen molar-refractivity contribution < 1.29 is 9.53 Å². The Balaban J connectivity index is 1.70. The van der Waals surface area contributed by atoms with E-state index in [2.05, 4.69) is 17.0 Å². The normalized spacial score (nSPS) is 20.8. The van der Waals surface area contributed by atoms with Crippen molar-refractivity contribution in [2.45, 2.75) is 25.1 Å². The van der Waals surface area contributed by atoms with Gasteiger partial charge in [0.2, 0.25) is 0 Å². The van der Waals surface area contributed by atoms with Crippen molar-refractivity contribution in [3.8, 4) is 0 Å². The lowest BCUT2D eigenvalue weighted by Gasteiger charge is -2.26. The molecule has 134 valence electrons. The van der Waals surface area contributed by atoms with E-state index in [0.717, 1.165) is 24.1 Å². The molecule has 0 bridgehead atoms. The Bertz CT molecular complexity index is 701. The number of ether oxygens (including phenoxy) is 1. The second-order valence-electron chi connectivity index (χ2n) is 6.73. The van der Waals surface area contributed by atoms with E-state index in [0.29, 0.717) is 19.1 Å². The number of hydrogen-bond donors (Lipinski definition) is 0. The van der Waals surface area contributed by atoms with Gasteiger partial charge in [0.1, 0.15) is 0 Å². The number of benzene rings is 1. The second kappa shape index (κ2) is 7.80. The Hall–Kier alpha value is -2.18. The number of rotatable bonds is 6. The fourth-order valence-electron chi connectivity index (χ4n) is 3.45. The Labute approximate surface area is 149 Å². The first-order valence-corrected chi connectivity index (χ1v) is 8.62. The van der Waals surface area contributed by atoms with Crippen LogP contribution >= 0.6 is 0 Å². The van der Waals surface area contributed by atoms with E-state index in [4.69, 9.17) is 4.74 Å². The molecule has 1 aliphatic rings. The minimum Gasteiger partial charge on any atom is -0.380 e. The van der Waals surface area contributed by atoms with Crippen molar-refractivity contribution >= 4 is 5.91 Å². The van der Waals surface area contributed by atoms with E-state index >= 15 is 0 Å². The number of likely N-dealkylation sites (N-methyl/N-ethyl adjacent to an activating group) is 2. The average Bonchev–Trinajstić information content (AvgIpc) is 3.24. The van der Waals surface area contributed by atoms with E-state index in [1.54, 1.807) is 13.3 Å². The smallest absolute Gasteiger partial charge is 0.253 e. The van der Waals surface area contributed by atoms with Crippen LogP contribution in [0.25, 0.3) is 0 Å². The van der Waals surface area contributed by atoms with Crippen LogP contribution in [0.5, 0.6) is 0 Å². The molecule has 0 saturated carbocycles. The lowest BCUT2D eigenvalue weighted by atomic mass is 10.1. The molecule has 1 amide bonds. The van der Waals surface area contributed by atoms with Crippen molar-refractivity contribution in [3.05, 3.63) is 53.9 Å². The largest absolute Gasteiger partial charge is 0.380 e. The Morgan fingerprint density at radius 2 is 2.16 bits per heavy atom. The lowest BCUT2D eigenvalue weighted by molar-refractivity contribution is 0.0759. The summed E-state index contributed by atoms with van der Waals surface area (Å²) in [5.74, 6) is 0.0528. The fourth-order valence-corrected chi connectivity index (χ4v) is 3.45. The van der Waals surface area contributed by atoms with E-state index in [1.807, 2.05) is 53.2 Å². The molecule has 1 saturated heterocycles. The van der Waals surface area contributed by atoms with Gasteiger partial charge in [0.05, 0.1) is 12.6 Å². The molecule has 2 aromatic rings. The van der Waals surface area contributed by atoms with Gasteiger partial charge < -0.3 is 9.64 Å². The van der Waals surface area contributed by atoms with Gasteiger partial charge in [-0.1, -0.05) is 18.2 Å². The molecular formula is C19H26N4O2. The zero-order valence-corrected chi connectivity index (χ0v) is 15.1. The first-order valence-electron chi connectivity index (χ1n) is 8.62. The van der Waals surface area contributed by atoms with Gasteiger partial charge in [0.15, 0.2) is 0 Å². The van der Waals surface area contributed by atoms with Crippen molar-refractivity contribution in [1.82, 2.24) is 19.6 Å². The minimum atomic E-state index is 0.0528. The lowest BCUT2D eigenvalue weighted by Crippen LogP contribution is -2.39. The van der Waals surface area contributed by atoms with E-state index < -0.39 is 0 Å². The van der Waals surface area contributed by atoms with Crippen LogP contribution in [0.3, 0.4) is 0 Å². The Morgan fingerprint density at radius 1 is 1.36 bits per heavy atom. The number of nitrogens with zero attached hydrogens (tertiary/aromatic N) is 4. The Kier molecular flexibility index (Phi) is 5.50. The number of aromatic nitrogens is 2. The molecule has 0 N–H and O–H groups in total. The van der Waals surface area contributed by atoms with Gasteiger partial charge in [-0.2, -0.15) is 5.10 Å². The molecule has 1 aromatic heterocycles. The van der Waals surface area contributed by atoms with Crippen molar-refractivity contribution in [2.24, 2.45) is 0 Å². The highest BCUT2D eigenvalue weighted by Gasteiger charge is 2.31. The molecule has 2 heterocycles. The van der Waals surface area contributed by atoms with Crippen LogP contribution in [0.2, 0.25) is 0 Å². The highest BCUT2D eigenvalue weighted by Crippen LogP contribution is 2.20. The number of likely N-dealkylation sites (tertiary alicyclic amines) is 1. The summed E-state index contributed by atoms with van der Waals surface area (Å²) >= 11 is 0. The third-order valence-corrected chi connectivity index (χ3v) is 4.95. The zero-order chi connectivity index (χ0) is 17.8. The standard InChI is InChI=1S/C19H26N4O2/c1-21-14-17(25-3)11-16(21)13-22(2)19(24)18-8-5-4-7-15(18)12-23-10-6-9-20-23/h4-10,16-17H,11-14H2,1-3H3/t16-,17-/m0/s1. The molecular weight excluding hydrogens is 316 g/mol. The molecule has 3 rings (SSSR count). The van der Waals surface area contributed by atoms with Gasteiger partial charge in [-0.05, 0) is 31.2 Å². The zero-order valence-electron chi connectivity index (χ0n) is 15.1. The van der Waals surface area contributed by atoms with Gasteiger partial charge in [-0.3, -0.25) is 14.4 Å². The van der Waals surface area contributed by atoms with Crippen LogP contribution in [-0.4, -0.2) is 71.9 Å². The predicted octanol–water partition coefficient (Wildman–Crippen LogP) is 1.72. The van der Waals surface area contributed by atoms with Crippen molar-refractivity contribution in [2.75, 3.05) is 34.3 Å². The summed E-state index contributed by atoms with van der Waals surface area (Å²) in [5.41, 5.74) is 1.72. The van der Waals surface area contributed by atoms with Gasteiger partial charge in [-0.15, -0.1) is 0 Å². The molecule has 0 unspecified atom stereocenters. The molecule has 2 atom stereocenters. The summed E-state index contributed by atoms with van der Waals surface area (Å²) in [6, 6.07) is 9.98. The number of carbonyl (C=O) groups excluding carboxylic acids is 1. The van der Waals surface area contributed by atoms with E-state index in [1.165, 1.54) is 0 Å². The first-order chi connectivity index (χ1) is 12.1. The molecule has 6 heteroatoms. The van der Waals surface area contributed by atoms with E-state index in [-0.39, 0.29) is 12.0 Å². The summed E-state index contributed by atoms with van der Waals surface area (Å²) in [6.45, 7) is 2.21. The molecule has 6 nitrogen and oxygen atoms in total. The summed E-state index contributed by atoms with van der Waals surface area (Å²) in [4.78, 5) is 17.1. The fraction of sp³-hybridized carbons (Fsp3) is 0.474. The highest BCUT2D eigenvalue weighted by molar-refractivity contribution is 5.95. The van der Waals surface area contributed by atoms with E-state index in [9.17, 15) is 4.79 Å². The van der Waals surface area contributed by atoms with Crippen LogP contribution in [0, 0.1) is 0 Å². The maximum Gasteiger partial charge on any atom is 0.253 e. The quantitative estimate of drug-likeness (QED) is 0.802. The third kappa shape index (κ3) is 4.08. The molecule has 0 radical (unpaired) electrons. The van der Waals surface area contributed by atoms with Gasteiger partial charge >= 0.3 is 0 Å². The van der Waals surface area contributed by atoms with Crippen molar-refractivity contribution in [3.63, 3.8) is 0 Å². The minimum absolute atomic E-state index is 0.0528. The van der Waals surface area contributed by atoms with Gasteiger partial charge in [-0.25, -0.2) is 0 Å². The average molecular weight is 342 g/mol. The second-order valence-corrected chi connectivity index (χ2v) is 6.73. The topological polar surface area (TPSA) is 50.6 Å². The summed E-state index contributed by atoms with van der Waals surface area (Å²) < 4.78 is 7.29. The maximum absolute atomic E-state index is 13.0. The molecule has 25 heavy (non-hydrogen) atoms. The SMILES string of the molecule is CO[C@H]1C[C@@H](CN(C)C(=O)c2ccccc2Cn2cccn2)N(C)C1. The van der Waals surface area contributed by atoms with Gasteiger partial charge in [0, 0.05) is 51.2 Å².